The van der Waals surface area contributed by atoms with Crippen molar-refractivity contribution in [1.82, 2.24) is 0 Å². The van der Waals surface area contributed by atoms with Gasteiger partial charge >= 0.3 is 0 Å². The van der Waals surface area contributed by atoms with E-state index in [9.17, 15) is 13.2 Å². The average molecular weight is 593 g/mol. The first kappa shape index (κ1) is 31.5. The van der Waals surface area contributed by atoms with Crippen LogP contribution < -0.4 is 0 Å². The van der Waals surface area contributed by atoms with E-state index in [1.807, 2.05) is 12.1 Å². The molecular formula is C36H45ClO3S. The first-order valence-electron chi connectivity index (χ1n) is 14.9. The molecule has 6 rings (SSSR count). The number of rotatable bonds is 1. The van der Waals surface area contributed by atoms with E-state index in [1.54, 1.807) is 23.3 Å². The summed E-state index contributed by atoms with van der Waals surface area (Å²) >= 11 is 0. The lowest BCUT2D eigenvalue weighted by atomic mass is 9.72. The van der Waals surface area contributed by atoms with Crippen molar-refractivity contribution >= 4 is 25.5 Å². The van der Waals surface area contributed by atoms with Crippen LogP contribution in [0.3, 0.4) is 0 Å². The Kier molecular flexibility index (Phi) is 9.26. The predicted octanol–water partition coefficient (Wildman–Crippen LogP) is 9.01. The predicted molar refractivity (Wildman–Crippen MR) is 171 cm³/mol. The maximum absolute atomic E-state index is 11.4. The van der Waals surface area contributed by atoms with Gasteiger partial charge in [-0.1, -0.05) is 96.1 Å². The molecule has 0 N–H and O–H groups in total. The van der Waals surface area contributed by atoms with Gasteiger partial charge < -0.3 is 0 Å². The van der Waals surface area contributed by atoms with E-state index < -0.39 is 9.05 Å². The van der Waals surface area contributed by atoms with E-state index in [0.717, 1.165) is 24.8 Å². The van der Waals surface area contributed by atoms with Gasteiger partial charge in [0.05, 0.1) is 4.90 Å². The standard InChI is InChI=1S/C12H15ClO2S.C12H14O.C12H16/c1-12(2)7-3-4-9-8-10(16(13,14)15)5-6-11(9)12;1-12(2)8-10(13)7-9-5-3-4-6-11(9)12;1-12(2)9-5-7-10-6-3-4-8-11(10)12/h5-6,8H,3-4,7H2,1-2H3;3-6H,7-8H2,1-2H3;3-4,6,8H,5,7,9H2,1-2H3. The molecule has 41 heavy (non-hydrogen) atoms. The van der Waals surface area contributed by atoms with E-state index in [-0.39, 0.29) is 15.7 Å². The van der Waals surface area contributed by atoms with Crippen molar-refractivity contribution in [2.75, 3.05) is 0 Å². The topological polar surface area (TPSA) is 51.2 Å². The normalized spacial score (nSPS) is 19.6. The number of hydrogen-bond donors (Lipinski definition) is 0. The molecule has 0 atom stereocenters. The van der Waals surface area contributed by atoms with Crippen LogP contribution >= 0.6 is 10.7 Å². The highest BCUT2D eigenvalue weighted by Crippen LogP contribution is 2.38. The minimum atomic E-state index is -3.60. The second-order valence-electron chi connectivity index (χ2n) is 13.8. The molecule has 0 radical (unpaired) electrons. The minimum absolute atomic E-state index is 0.0337. The maximum Gasteiger partial charge on any atom is 0.261 e. The molecule has 0 amide bonds. The van der Waals surface area contributed by atoms with Crippen molar-refractivity contribution in [3.05, 3.63) is 100 Å². The van der Waals surface area contributed by atoms with Crippen molar-refractivity contribution in [3.8, 4) is 0 Å². The number of halogens is 1. The third-order valence-corrected chi connectivity index (χ3v) is 10.5. The molecule has 0 spiro atoms. The second kappa shape index (κ2) is 12.1. The number of benzene rings is 3. The maximum atomic E-state index is 11.4. The Balaban J connectivity index is 0.000000143. The molecule has 0 fully saturated rings. The van der Waals surface area contributed by atoms with Crippen LogP contribution in [0.4, 0.5) is 0 Å². The smallest absolute Gasteiger partial charge is 0.261 e. The number of fused-ring (bicyclic) bond motifs is 3. The lowest BCUT2D eigenvalue weighted by Crippen LogP contribution is -2.29. The monoisotopic (exact) mass is 592 g/mol. The van der Waals surface area contributed by atoms with Crippen LogP contribution in [-0.2, 0) is 49.4 Å². The van der Waals surface area contributed by atoms with Crippen LogP contribution in [0.2, 0.25) is 0 Å². The van der Waals surface area contributed by atoms with E-state index >= 15 is 0 Å². The molecule has 0 aliphatic heterocycles. The van der Waals surface area contributed by atoms with Crippen molar-refractivity contribution in [1.29, 1.82) is 0 Å². The Morgan fingerprint density at radius 3 is 1.68 bits per heavy atom. The molecule has 220 valence electrons. The zero-order valence-corrected chi connectivity index (χ0v) is 27.1. The third kappa shape index (κ3) is 7.51. The summed E-state index contributed by atoms with van der Waals surface area (Å²) in [5, 5.41) is 0. The molecule has 5 heteroatoms. The lowest BCUT2D eigenvalue weighted by Gasteiger charge is -2.32. The Labute approximate surface area is 252 Å². The van der Waals surface area contributed by atoms with Crippen LogP contribution in [0.15, 0.2) is 71.6 Å². The summed E-state index contributed by atoms with van der Waals surface area (Å²) in [6, 6.07) is 22.4. The summed E-state index contributed by atoms with van der Waals surface area (Å²) in [4.78, 5) is 11.7. The highest BCUT2D eigenvalue weighted by Gasteiger charge is 2.31. The number of ketones is 1. The SMILES string of the molecule is CC1(C)CC(=O)Cc2ccccc21.CC1(C)CCCc2cc(S(=O)(=O)Cl)ccc21.CC1(C)CCCc2ccccc21. The summed E-state index contributed by atoms with van der Waals surface area (Å²) < 4.78 is 22.5. The number of carbonyl (C=O) groups is 1. The van der Waals surface area contributed by atoms with E-state index in [4.69, 9.17) is 10.7 Å². The van der Waals surface area contributed by atoms with Crippen LogP contribution in [0.25, 0.3) is 0 Å². The molecule has 0 saturated carbocycles. The molecule has 0 saturated heterocycles. The fourth-order valence-corrected chi connectivity index (χ4v) is 7.70. The van der Waals surface area contributed by atoms with E-state index in [0.29, 0.717) is 24.0 Å². The van der Waals surface area contributed by atoms with E-state index in [1.165, 1.54) is 36.0 Å². The molecule has 0 aromatic heterocycles. The van der Waals surface area contributed by atoms with Crippen molar-refractivity contribution in [2.24, 2.45) is 0 Å². The van der Waals surface area contributed by atoms with Crippen LogP contribution in [0, 0.1) is 0 Å². The lowest BCUT2D eigenvalue weighted by molar-refractivity contribution is -0.120. The molecule has 0 bridgehead atoms. The Morgan fingerprint density at radius 1 is 0.634 bits per heavy atom. The summed E-state index contributed by atoms with van der Waals surface area (Å²) in [5.74, 6) is 0.365. The summed E-state index contributed by atoms with van der Waals surface area (Å²) in [5.41, 5.74) is 8.65. The highest BCUT2D eigenvalue weighted by atomic mass is 35.7. The fourth-order valence-electron chi connectivity index (χ4n) is 6.90. The summed E-state index contributed by atoms with van der Waals surface area (Å²) in [6.45, 7) is 13.4. The molecule has 3 aliphatic rings. The van der Waals surface area contributed by atoms with Gasteiger partial charge in [-0.2, -0.15) is 0 Å². The number of hydrogen-bond acceptors (Lipinski definition) is 3. The minimum Gasteiger partial charge on any atom is -0.299 e. The average Bonchev–Trinajstić information content (AvgIpc) is 2.88. The van der Waals surface area contributed by atoms with Gasteiger partial charge in [0.15, 0.2) is 0 Å². The number of carbonyl (C=O) groups excluding carboxylic acids is 1. The zero-order chi connectivity index (χ0) is 30.1. The van der Waals surface area contributed by atoms with Gasteiger partial charge in [-0.05, 0) is 100 Å². The summed E-state index contributed by atoms with van der Waals surface area (Å²) in [6.07, 6.45) is 8.47. The van der Waals surface area contributed by atoms with Gasteiger partial charge in [0.1, 0.15) is 5.78 Å². The number of aryl methyl sites for hydroxylation is 2. The summed E-state index contributed by atoms with van der Waals surface area (Å²) in [7, 11) is 1.74. The largest absolute Gasteiger partial charge is 0.299 e. The third-order valence-electron chi connectivity index (χ3n) is 9.10. The first-order valence-corrected chi connectivity index (χ1v) is 17.2. The van der Waals surface area contributed by atoms with Gasteiger partial charge in [-0.25, -0.2) is 8.42 Å². The first-order chi connectivity index (χ1) is 19.1. The van der Waals surface area contributed by atoms with Crippen LogP contribution in [0.1, 0.15) is 107 Å². The Hall–Kier alpha value is -2.43. The molecule has 3 nitrogen and oxygen atoms in total. The van der Waals surface area contributed by atoms with Gasteiger partial charge in [0, 0.05) is 23.5 Å². The molecular weight excluding hydrogens is 548 g/mol. The Bertz CT molecular complexity index is 1520. The quantitative estimate of drug-likeness (QED) is 0.265. The second-order valence-corrected chi connectivity index (χ2v) is 16.4. The number of Topliss-reactive ketones (excluding diaryl/α,β-unsaturated/α-hetero) is 1. The molecule has 3 aromatic carbocycles. The van der Waals surface area contributed by atoms with Crippen LogP contribution in [0.5, 0.6) is 0 Å². The van der Waals surface area contributed by atoms with Crippen molar-refractivity contribution in [3.63, 3.8) is 0 Å². The van der Waals surface area contributed by atoms with Gasteiger partial charge in [-0.15, -0.1) is 0 Å². The molecule has 0 heterocycles. The Morgan fingerprint density at radius 2 is 1.12 bits per heavy atom. The fraction of sp³-hybridized carbons (Fsp3) is 0.472. The van der Waals surface area contributed by atoms with Gasteiger partial charge in [-0.3, -0.25) is 4.79 Å². The molecule has 3 aliphatic carbocycles. The van der Waals surface area contributed by atoms with Crippen molar-refractivity contribution < 1.29 is 13.2 Å². The van der Waals surface area contributed by atoms with Gasteiger partial charge in [0.25, 0.3) is 9.05 Å². The molecule has 3 aromatic rings. The highest BCUT2D eigenvalue weighted by molar-refractivity contribution is 8.13. The molecule has 0 unspecified atom stereocenters. The van der Waals surface area contributed by atoms with E-state index in [2.05, 4.69) is 84.0 Å². The zero-order valence-electron chi connectivity index (χ0n) is 25.5. The van der Waals surface area contributed by atoms with Crippen molar-refractivity contribution in [2.45, 2.75) is 114 Å². The van der Waals surface area contributed by atoms with Gasteiger partial charge in [0.2, 0.25) is 0 Å². The van der Waals surface area contributed by atoms with Crippen LogP contribution in [-0.4, -0.2) is 14.2 Å².